The van der Waals surface area contributed by atoms with Gasteiger partial charge in [0.1, 0.15) is 6.04 Å². The molecule has 0 radical (unpaired) electrons. The van der Waals surface area contributed by atoms with Gasteiger partial charge in [0, 0.05) is 46.4 Å². The summed E-state index contributed by atoms with van der Waals surface area (Å²) in [5.74, 6) is -0.0531. The highest BCUT2D eigenvalue weighted by Gasteiger charge is 2.56. The molecule has 3 fully saturated rings. The summed E-state index contributed by atoms with van der Waals surface area (Å²) in [6.45, 7) is 5.51. The average molecular weight is 352 g/mol. The molecule has 0 bridgehead atoms. The average Bonchev–Trinajstić information content (AvgIpc) is 3.08. The number of carbonyl (C=O) groups excluding carboxylic acids is 3. The lowest BCUT2D eigenvalue weighted by Gasteiger charge is -2.39. The van der Waals surface area contributed by atoms with Crippen LogP contribution in [0.1, 0.15) is 32.6 Å². The molecule has 8 nitrogen and oxygen atoms in total. The quantitative estimate of drug-likeness (QED) is 0.588. The SMILES string of the molecule is CCN1C(=O)C2CC3(CCN(C(=O)NCCCOC)CC3)CN2C1=O. The van der Waals surface area contributed by atoms with Crippen molar-refractivity contribution in [1.82, 2.24) is 20.0 Å². The molecule has 0 saturated carbocycles. The van der Waals surface area contributed by atoms with Crippen molar-refractivity contribution in [2.24, 2.45) is 5.41 Å². The second-order valence-electron chi connectivity index (χ2n) is 7.28. The minimum Gasteiger partial charge on any atom is -0.385 e. The molecule has 0 aromatic carbocycles. The fourth-order valence-electron chi connectivity index (χ4n) is 4.27. The zero-order valence-corrected chi connectivity index (χ0v) is 15.1. The highest BCUT2D eigenvalue weighted by molar-refractivity contribution is 6.04. The monoisotopic (exact) mass is 352 g/mol. The van der Waals surface area contributed by atoms with Crippen LogP contribution in [-0.4, -0.2) is 85.2 Å². The molecule has 0 aromatic heterocycles. The number of amides is 5. The predicted octanol–water partition coefficient (Wildman–Crippen LogP) is 0.871. The van der Waals surface area contributed by atoms with E-state index in [4.69, 9.17) is 4.74 Å². The van der Waals surface area contributed by atoms with E-state index in [1.165, 1.54) is 4.90 Å². The number of likely N-dealkylation sites (tertiary alicyclic amines) is 1. The Morgan fingerprint density at radius 2 is 2.04 bits per heavy atom. The minimum absolute atomic E-state index is 0.0113. The fraction of sp³-hybridized carbons (Fsp3) is 0.824. The number of piperidine rings is 1. The molecule has 25 heavy (non-hydrogen) atoms. The van der Waals surface area contributed by atoms with E-state index in [0.29, 0.717) is 39.3 Å². The number of ether oxygens (including phenoxy) is 1. The molecule has 3 saturated heterocycles. The molecule has 3 aliphatic heterocycles. The molecule has 8 heteroatoms. The Bertz CT molecular complexity index is 519. The van der Waals surface area contributed by atoms with Crippen molar-refractivity contribution in [2.45, 2.75) is 38.6 Å². The maximum atomic E-state index is 12.4. The molecule has 3 heterocycles. The summed E-state index contributed by atoms with van der Waals surface area (Å²) >= 11 is 0. The number of nitrogens with zero attached hydrogens (tertiary/aromatic N) is 3. The number of hydrogen-bond acceptors (Lipinski definition) is 4. The largest absolute Gasteiger partial charge is 0.385 e. The van der Waals surface area contributed by atoms with E-state index < -0.39 is 0 Å². The number of fused-ring (bicyclic) bond motifs is 1. The first kappa shape index (κ1) is 18.0. The van der Waals surface area contributed by atoms with Crippen LogP contribution in [0.15, 0.2) is 0 Å². The second-order valence-corrected chi connectivity index (χ2v) is 7.28. The Morgan fingerprint density at radius 3 is 2.64 bits per heavy atom. The number of carbonyl (C=O) groups is 3. The van der Waals surface area contributed by atoms with E-state index in [0.717, 1.165) is 25.7 Å². The van der Waals surface area contributed by atoms with E-state index in [1.54, 1.807) is 12.0 Å². The molecule has 1 spiro atoms. The van der Waals surface area contributed by atoms with Crippen LogP contribution in [-0.2, 0) is 9.53 Å². The predicted molar refractivity (Wildman–Crippen MR) is 91.0 cm³/mol. The lowest BCUT2D eigenvalue weighted by Crippen LogP contribution is -2.49. The van der Waals surface area contributed by atoms with Gasteiger partial charge in [-0.25, -0.2) is 9.59 Å². The van der Waals surface area contributed by atoms with Gasteiger partial charge in [-0.05, 0) is 38.0 Å². The first-order valence-corrected chi connectivity index (χ1v) is 9.15. The maximum Gasteiger partial charge on any atom is 0.327 e. The van der Waals surface area contributed by atoms with Crippen LogP contribution in [0.25, 0.3) is 0 Å². The number of urea groups is 2. The van der Waals surface area contributed by atoms with Crippen molar-refractivity contribution >= 4 is 18.0 Å². The molecule has 1 N–H and O–H groups in total. The summed E-state index contributed by atoms with van der Waals surface area (Å²) in [7, 11) is 1.65. The number of nitrogens with one attached hydrogen (secondary N) is 1. The molecule has 3 aliphatic rings. The van der Waals surface area contributed by atoms with Crippen LogP contribution in [0.5, 0.6) is 0 Å². The third-order valence-corrected chi connectivity index (χ3v) is 5.77. The molecule has 1 atom stereocenters. The molecule has 0 aromatic rings. The molecular formula is C17H28N4O4. The van der Waals surface area contributed by atoms with Crippen LogP contribution in [0, 0.1) is 5.41 Å². The topological polar surface area (TPSA) is 82.2 Å². The lowest BCUT2D eigenvalue weighted by molar-refractivity contribution is -0.128. The van der Waals surface area contributed by atoms with Crippen molar-refractivity contribution in [3.05, 3.63) is 0 Å². The Hall–Kier alpha value is -1.83. The standard InChI is InChI=1S/C17H28N4O4/c1-3-20-14(22)13-11-17(12-21(13)16(20)24)5-8-19(9-6-17)15(23)18-7-4-10-25-2/h13H,3-12H2,1-2H3,(H,18,23). The summed E-state index contributed by atoms with van der Waals surface area (Å²) in [5, 5.41) is 2.92. The molecule has 5 amide bonds. The fourth-order valence-corrected chi connectivity index (χ4v) is 4.27. The zero-order valence-electron chi connectivity index (χ0n) is 15.1. The van der Waals surface area contributed by atoms with Gasteiger partial charge in [-0.15, -0.1) is 0 Å². The van der Waals surface area contributed by atoms with Crippen molar-refractivity contribution in [1.29, 1.82) is 0 Å². The van der Waals surface area contributed by atoms with Crippen LogP contribution in [0.2, 0.25) is 0 Å². The van der Waals surface area contributed by atoms with Gasteiger partial charge in [0.2, 0.25) is 0 Å². The van der Waals surface area contributed by atoms with Crippen LogP contribution in [0.4, 0.5) is 9.59 Å². The zero-order chi connectivity index (χ0) is 18.0. The van der Waals surface area contributed by atoms with Gasteiger partial charge in [0.15, 0.2) is 0 Å². The Balaban J connectivity index is 1.51. The number of likely N-dealkylation sites (N-methyl/N-ethyl adjacent to an activating group) is 1. The van der Waals surface area contributed by atoms with Crippen LogP contribution in [0.3, 0.4) is 0 Å². The normalized spacial score (nSPS) is 25.0. The number of methoxy groups -OCH3 is 1. The van der Waals surface area contributed by atoms with Gasteiger partial charge in [-0.2, -0.15) is 0 Å². The number of rotatable bonds is 5. The Morgan fingerprint density at radius 1 is 1.32 bits per heavy atom. The van der Waals surface area contributed by atoms with Gasteiger partial charge in [0.05, 0.1) is 0 Å². The van der Waals surface area contributed by atoms with Crippen molar-refractivity contribution in [2.75, 3.05) is 46.4 Å². The second kappa shape index (κ2) is 7.19. The number of imide groups is 1. The highest BCUT2D eigenvalue weighted by atomic mass is 16.5. The molecular weight excluding hydrogens is 324 g/mol. The summed E-state index contributed by atoms with van der Waals surface area (Å²) < 4.78 is 4.97. The third kappa shape index (κ3) is 3.31. The van der Waals surface area contributed by atoms with E-state index in [1.807, 2.05) is 11.8 Å². The van der Waals surface area contributed by atoms with Crippen molar-refractivity contribution < 1.29 is 19.1 Å². The Labute approximate surface area is 148 Å². The number of hydrogen-bond donors (Lipinski definition) is 1. The summed E-state index contributed by atoms with van der Waals surface area (Å²) in [4.78, 5) is 41.8. The summed E-state index contributed by atoms with van der Waals surface area (Å²) in [6.07, 6.45) is 3.22. The lowest BCUT2D eigenvalue weighted by atomic mass is 9.76. The first-order chi connectivity index (χ1) is 12.0. The van der Waals surface area contributed by atoms with E-state index in [2.05, 4.69) is 5.32 Å². The van der Waals surface area contributed by atoms with Crippen LogP contribution >= 0.6 is 0 Å². The van der Waals surface area contributed by atoms with E-state index in [9.17, 15) is 14.4 Å². The van der Waals surface area contributed by atoms with Gasteiger partial charge in [0.25, 0.3) is 5.91 Å². The van der Waals surface area contributed by atoms with Gasteiger partial charge >= 0.3 is 12.1 Å². The molecule has 140 valence electrons. The molecule has 0 aliphatic carbocycles. The molecule has 3 rings (SSSR count). The first-order valence-electron chi connectivity index (χ1n) is 9.15. The van der Waals surface area contributed by atoms with Gasteiger partial charge in [-0.1, -0.05) is 0 Å². The van der Waals surface area contributed by atoms with E-state index in [-0.39, 0.29) is 29.4 Å². The maximum absolute atomic E-state index is 12.4. The highest BCUT2D eigenvalue weighted by Crippen LogP contribution is 2.46. The van der Waals surface area contributed by atoms with Gasteiger partial charge < -0.3 is 19.9 Å². The van der Waals surface area contributed by atoms with Crippen molar-refractivity contribution in [3.8, 4) is 0 Å². The summed E-state index contributed by atoms with van der Waals surface area (Å²) in [6, 6.07) is -0.469. The molecule has 1 unspecified atom stereocenters. The van der Waals surface area contributed by atoms with E-state index >= 15 is 0 Å². The van der Waals surface area contributed by atoms with Gasteiger partial charge in [-0.3, -0.25) is 9.69 Å². The minimum atomic E-state index is -0.290. The van der Waals surface area contributed by atoms with Crippen molar-refractivity contribution in [3.63, 3.8) is 0 Å². The summed E-state index contributed by atoms with van der Waals surface area (Å²) in [5.41, 5.74) is -0.0113. The third-order valence-electron chi connectivity index (χ3n) is 5.77. The Kier molecular flexibility index (Phi) is 5.17. The smallest absolute Gasteiger partial charge is 0.327 e. The van der Waals surface area contributed by atoms with Crippen LogP contribution < -0.4 is 5.32 Å².